The van der Waals surface area contributed by atoms with Gasteiger partial charge in [0, 0.05) is 17.1 Å². The van der Waals surface area contributed by atoms with Gasteiger partial charge in [-0.2, -0.15) is 0 Å². The highest BCUT2D eigenvalue weighted by Gasteiger charge is 2.21. The quantitative estimate of drug-likeness (QED) is 0.723. The van der Waals surface area contributed by atoms with Crippen LogP contribution < -0.4 is 5.73 Å². The molecule has 2 aromatic carbocycles. The molecule has 1 unspecified atom stereocenters. The van der Waals surface area contributed by atoms with Gasteiger partial charge in [-0.25, -0.2) is 0 Å². The van der Waals surface area contributed by atoms with Crippen LogP contribution in [0.2, 0.25) is 0 Å². The van der Waals surface area contributed by atoms with E-state index in [1.165, 1.54) is 27.6 Å². The van der Waals surface area contributed by atoms with Crippen molar-refractivity contribution in [1.82, 2.24) is 4.98 Å². The molecule has 2 nitrogen and oxygen atoms in total. The van der Waals surface area contributed by atoms with Gasteiger partial charge in [0.05, 0.1) is 5.52 Å². The largest absolute Gasteiger partial charge is 0.324 e. The van der Waals surface area contributed by atoms with E-state index in [1.807, 2.05) is 6.92 Å². The molecule has 2 N–H and O–H groups in total. The van der Waals surface area contributed by atoms with Crippen molar-refractivity contribution in [3.8, 4) is 11.1 Å². The van der Waals surface area contributed by atoms with Crippen molar-refractivity contribution in [1.29, 1.82) is 0 Å². The zero-order valence-electron chi connectivity index (χ0n) is 12.1. The number of rotatable bonds is 1. The Labute approximate surface area is 124 Å². The Bertz CT molecular complexity index is 836. The molecule has 4 rings (SSSR count). The maximum atomic E-state index is 6.19. The van der Waals surface area contributed by atoms with Crippen molar-refractivity contribution < 1.29 is 0 Å². The second-order valence-corrected chi connectivity index (χ2v) is 5.88. The molecule has 0 bridgehead atoms. The van der Waals surface area contributed by atoms with E-state index in [4.69, 9.17) is 5.73 Å². The van der Waals surface area contributed by atoms with E-state index in [9.17, 15) is 0 Å². The van der Waals surface area contributed by atoms with Crippen molar-refractivity contribution in [3.63, 3.8) is 0 Å². The molecule has 0 amide bonds. The van der Waals surface area contributed by atoms with Crippen molar-refractivity contribution in [2.45, 2.75) is 25.8 Å². The minimum absolute atomic E-state index is 0.199. The van der Waals surface area contributed by atoms with Crippen LogP contribution in [-0.2, 0) is 6.42 Å². The van der Waals surface area contributed by atoms with Gasteiger partial charge in [-0.15, -0.1) is 0 Å². The Morgan fingerprint density at radius 2 is 2.00 bits per heavy atom. The smallest absolute Gasteiger partial charge is 0.0705 e. The Morgan fingerprint density at radius 1 is 1.10 bits per heavy atom. The van der Waals surface area contributed by atoms with Gasteiger partial charge in [0.25, 0.3) is 0 Å². The first kappa shape index (κ1) is 12.5. The van der Waals surface area contributed by atoms with E-state index in [0.717, 1.165) is 24.1 Å². The summed E-state index contributed by atoms with van der Waals surface area (Å²) in [6, 6.07) is 17.4. The zero-order chi connectivity index (χ0) is 14.4. The number of hydrogen-bond donors (Lipinski definition) is 1. The van der Waals surface area contributed by atoms with Crippen LogP contribution in [0.3, 0.4) is 0 Å². The van der Waals surface area contributed by atoms with Crippen LogP contribution >= 0.6 is 0 Å². The first-order valence-corrected chi connectivity index (χ1v) is 7.47. The molecule has 104 valence electrons. The number of aromatic nitrogens is 1. The number of aryl methyl sites for hydroxylation is 1. The van der Waals surface area contributed by atoms with Gasteiger partial charge in [-0.3, -0.25) is 4.98 Å². The minimum Gasteiger partial charge on any atom is -0.324 e. The Morgan fingerprint density at radius 3 is 2.90 bits per heavy atom. The van der Waals surface area contributed by atoms with Crippen LogP contribution in [0.25, 0.3) is 22.0 Å². The first-order valence-electron chi connectivity index (χ1n) is 7.47. The van der Waals surface area contributed by atoms with Crippen LogP contribution in [0.5, 0.6) is 0 Å². The van der Waals surface area contributed by atoms with Gasteiger partial charge in [0.15, 0.2) is 0 Å². The summed E-state index contributed by atoms with van der Waals surface area (Å²) in [5.74, 6) is 0. The maximum Gasteiger partial charge on any atom is 0.0705 e. The zero-order valence-corrected chi connectivity index (χ0v) is 12.1. The normalized spacial score (nSPS) is 17.1. The molecule has 2 heteroatoms. The molecular weight excluding hydrogens is 256 g/mol. The summed E-state index contributed by atoms with van der Waals surface area (Å²) in [4.78, 5) is 4.57. The number of nitrogens with zero attached hydrogens (tertiary/aromatic N) is 1. The number of pyridine rings is 1. The molecule has 1 atom stereocenters. The highest BCUT2D eigenvalue weighted by molar-refractivity contribution is 5.85. The van der Waals surface area contributed by atoms with Crippen LogP contribution in [0.15, 0.2) is 48.5 Å². The molecule has 1 aliphatic rings. The standard InChI is InChI=1S/C19H18N2/c1-12-5-6-14-11-13(7-10-19(14)21-12)15-3-2-4-17-16(15)8-9-18(17)20/h2-7,10-11,18H,8-9,20H2,1H3. The molecule has 3 aromatic rings. The lowest BCUT2D eigenvalue weighted by Gasteiger charge is -2.11. The van der Waals surface area contributed by atoms with Crippen LogP contribution in [0.4, 0.5) is 0 Å². The third-order valence-electron chi connectivity index (χ3n) is 4.46. The molecule has 1 heterocycles. The van der Waals surface area contributed by atoms with Gasteiger partial charge < -0.3 is 5.73 Å². The highest BCUT2D eigenvalue weighted by Crippen LogP contribution is 2.37. The van der Waals surface area contributed by atoms with Gasteiger partial charge >= 0.3 is 0 Å². The van der Waals surface area contributed by atoms with Crippen LogP contribution in [0, 0.1) is 6.92 Å². The maximum absolute atomic E-state index is 6.19. The molecule has 0 saturated carbocycles. The first-order chi connectivity index (χ1) is 10.2. The fourth-order valence-corrected chi connectivity index (χ4v) is 3.35. The average Bonchev–Trinajstić information content (AvgIpc) is 2.88. The van der Waals surface area contributed by atoms with E-state index in [2.05, 4.69) is 53.5 Å². The Kier molecular flexibility index (Phi) is 2.79. The summed E-state index contributed by atoms with van der Waals surface area (Å²) in [6.45, 7) is 2.03. The van der Waals surface area contributed by atoms with Crippen molar-refractivity contribution in [2.75, 3.05) is 0 Å². The lowest BCUT2D eigenvalue weighted by Crippen LogP contribution is -2.04. The second kappa shape index (κ2) is 4.68. The summed E-state index contributed by atoms with van der Waals surface area (Å²) in [5, 5.41) is 1.19. The van der Waals surface area contributed by atoms with E-state index in [1.54, 1.807) is 0 Å². The highest BCUT2D eigenvalue weighted by atomic mass is 14.7. The SMILES string of the molecule is Cc1ccc2cc(-c3cccc4c3CCC4N)ccc2n1. The monoisotopic (exact) mass is 274 g/mol. The van der Waals surface area contributed by atoms with Gasteiger partial charge in [-0.05, 0) is 60.2 Å². The summed E-state index contributed by atoms with van der Waals surface area (Å²) >= 11 is 0. The summed E-state index contributed by atoms with van der Waals surface area (Å²) in [7, 11) is 0. The average molecular weight is 274 g/mol. The number of benzene rings is 2. The van der Waals surface area contributed by atoms with E-state index in [-0.39, 0.29) is 6.04 Å². The lowest BCUT2D eigenvalue weighted by atomic mass is 9.95. The summed E-state index contributed by atoms with van der Waals surface area (Å²) < 4.78 is 0. The topological polar surface area (TPSA) is 38.9 Å². The molecule has 0 saturated heterocycles. The van der Waals surface area contributed by atoms with Crippen LogP contribution in [0.1, 0.15) is 29.3 Å². The predicted molar refractivity (Wildman–Crippen MR) is 87.2 cm³/mol. The summed E-state index contributed by atoms with van der Waals surface area (Å²) in [5.41, 5.74) is 13.6. The minimum atomic E-state index is 0.199. The summed E-state index contributed by atoms with van der Waals surface area (Å²) in [6.07, 6.45) is 2.14. The molecule has 0 spiro atoms. The van der Waals surface area contributed by atoms with Gasteiger partial charge in [0.1, 0.15) is 0 Å². The molecule has 21 heavy (non-hydrogen) atoms. The van der Waals surface area contributed by atoms with Gasteiger partial charge in [0.2, 0.25) is 0 Å². The molecule has 0 aliphatic heterocycles. The number of nitrogens with two attached hydrogens (primary N) is 1. The molecular formula is C19H18N2. The van der Waals surface area contributed by atoms with E-state index < -0.39 is 0 Å². The third-order valence-corrected chi connectivity index (χ3v) is 4.46. The van der Waals surface area contributed by atoms with Gasteiger partial charge in [-0.1, -0.05) is 30.3 Å². The van der Waals surface area contributed by atoms with Crippen molar-refractivity contribution >= 4 is 10.9 Å². The van der Waals surface area contributed by atoms with Crippen molar-refractivity contribution in [2.24, 2.45) is 5.73 Å². The fourth-order valence-electron chi connectivity index (χ4n) is 3.35. The molecule has 1 aliphatic carbocycles. The number of fused-ring (bicyclic) bond motifs is 2. The molecule has 1 aromatic heterocycles. The van der Waals surface area contributed by atoms with E-state index >= 15 is 0 Å². The van der Waals surface area contributed by atoms with E-state index in [0.29, 0.717) is 0 Å². The molecule has 0 radical (unpaired) electrons. The van der Waals surface area contributed by atoms with Crippen molar-refractivity contribution in [3.05, 3.63) is 65.4 Å². The third kappa shape index (κ3) is 2.03. The molecule has 0 fully saturated rings. The Balaban J connectivity index is 1.90. The number of hydrogen-bond acceptors (Lipinski definition) is 2. The fraction of sp³-hybridized carbons (Fsp3) is 0.211. The van der Waals surface area contributed by atoms with Crippen LogP contribution in [-0.4, -0.2) is 4.98 Å². The predicted octanol–water partition coefficient (Wildman–Crippen LogP) is 4.16. The Hall–Kier alpha value is -2.19. The lowest BCUT2D eigenvalue weighted by molar-refractivity contribution is 0.713. The second-order valence-electron chi connectivity index (χ2n) is 5.88.